The predicted molar refractivity (Wildman–Crippen MR) is 63.5 cm³/mol. The summed E-state index contributed by atoms with van der Waals surface area (Å²) in [5.74, 6) is 0. The summed E-state index contributed by atoms with van der Waals surface area (Å²) in [6, 6.07) is 2.16. The lowest BCUT2D eigenvalue weighted by molar-refractivity contribution is 0.767. The summed E-state index contributed by atoms with van der Waals surface area (Å²) >= 11 is 1.48. The molecule has 0 spiro atoms. The minimum absolute atomic E-state index is 0.575. The number of hydrogen-bond acceptors (Lipinski definition) is 4. The molecule has 0 unspecified atom stereocenters. The molecule has 0 radical (unpaired) electrons. The van der Waals surface area contributed by atoms with E-state index in [0.717, 1.165) is 16.3 Å². The zero-order valence-electron chi connectivity index (χ0n) is 9.01. The zero-order valence-corrected chi connectivity index (χ0v) is 9.82. The molecular weight excluding hydrogens is 220 g/mol. The van der Waals surface area contributed by atoms with Crippen molar-refractivity contribution in [2.24, 2.45) is 7.05 Å². The Labute approximate surface area is 97.5 Å². The van der Waals surface area contributed by atoms with Gasteiger partial charge in [-0.25, -0.2) is 4.98 Å². The molecule has 0 N–H and O–H groups in total. The summed E-state index contributed by atoms with van der Waals surface area (Å²) in [6.45, 7) is 1.92. The molecule has 0 aliphatic heterocycles. The topological polar surface area (TPSA) is 54.5 Å². The fourth-order valence-electron chi connectivity index (χ4n) is 1.30. The van der Waals surface area contributed by atoms with Crippen LogP contribution in [-0.2, 0) is 7.05 Å². The van der Waals surface area contributed by atoms with Gasteiger partial charge in [0.15, 0.2) is 0 Å². The van der Waals surface area contributed by atoms with Crippen molar-refractivity contribution in [3.63, 3.8) is 0 Å². The van der Waals surface area contributed by atoms with Crippen molar-refractivity contribution < 1.29 is 0 Å². The lowest BCUT2D eigenvalue weighted by atomic mass is 10.2. The molecule has 0 bridgehead atoms. The van der Waals surface area contributed by atoms with Crippen LogP contribution in [0.15, 0.2) is 17.8 Å². The number of allylic oxidation sites excluding steroid dienone is 1. The van der Waals surface area contributed by atoms with Crippen LogP contribution in [0.2, 0.25) is 0 Å². The van der Waals surface area contributed by atoms with Crippen molar-refractivity contribution in [1.29, 1.82) is 5.26 Å². The predicted octanol–water partition coefficient (Wildman–Crippen LogP) is 2.25. The molecule has 80 valence electrons. The molecule has 2 aromatic rings. The van der Waals surface area contributed by atoms with E-state index in [1.807, 2.05) is 25.5 Å². The second-order valence-electron chi connectivity index (χ2n) is 3.41. The minimum Gasteiger partial charge on any atom is -0.275 e. The fourth-order valence-corrected chi connectivity index (χ4v) is 2.06. The Morgan fingerprint density at radius 1 is 1.62 bits per heavy atom. The van der Waals surface area contributed by atoms with Gasteiger partial charge >= 0.3 is 0 Å². The molecule has 0 aliphatic carbocycles. The van der Waals surface area contributed by atoms with Gasteiger partial charge in [-0.3, -0.25) is 4.68 Å². The van der Waals surface area contributed by atoms with Crippen LogP contribution in [0.4, 0.5) is 0 Å². The number of rotatable bonds is 2. The Bertz CT molecular complexity index is 571. The van der Waals surface area contributed by atoms with E-state index in [4.69, 9.17) is 5.26 Å². The van der Waals surface area contributed by atoms with Gasteiger partial charge in [-0.05, 0) is 13.0 Å². The first-order chi connectivity index (χ1) is 7.69. The van der Waals surface area contributed by atoms with E-state index in [-0.39, 0.29) is 0 Å². The molecule has 0 amide bonds. The summed E-state index contributed by atoms with van der Waals surface area (Å²) in [7, 11) is 1.84. The third kappa shape index (κ3) is 2.18. The van der Waals surface area contributed by atoms with E-state index in [9.17, 15) is 0 Å². The molecule has 0 fully saturated rings. The van der Waals surface area contributed by atoms with E-state index in [1.165, 1.54) is 11.3 Å². The number of nitrogens with zero attached hydrogens (tertiary/aromatic N) is 4. The van der Waals surface area contributed by atoms with Crippen molar-refractivity contribution in [1.82, 2.24) is 14.8 Å². The van der Waals surface area contributed by atoms with Crippen molar-refractivity contribution >= 4 is 23.0 Å². The number of nitriles is 1. The standard InChI is InChI=1S/C11H10N4S/c1-8-7-16-11(14-8)10(4-12)3-9-5-13-15(2)6-9/h3,5-7H,1-2H3. The largest absolute Gasteiger partial charge is 0.275 e. The van der Waals surface area contributed by atoms with E-state index in [2.05, 4.69) is 16.2 Å². The Morgan fingerprint density at radius 3 is 2.94 bits per heavy atom. The second kappa shape index (κ2) is 4.29. The van der Waals surface area contributed by atoms with Gasteiger partial charge in [0.2, 0.25) is 0 Å². The Balaban J connectivity index is 2.37. The van der Waals surface area contributed by atoms with Crippen molar-refractivity contribution in [2.75, 3.05) is 0 Å². The quantitative estimate of drug-likeness (QED) is 0.743. The molecule has 0 saturated heterocycles. The molecule has 0 aromatic carbocycles. The Hall–Kier alpha value is -1.93. The average molecular weight is 230 g/mol. The molecule has 2 aromatic heterocycles. The summed E-state index contributed by atoms with van der Waals surface area (Å²) in [5.41, 5.74) is 2.42. The van der Waals surface area contributed by atoms with Crippen LogP contribution >= 0.6 is 11.3 Å². The van der Waals surface area contributed by atoms with E-state index in [1.54, 1.807) is 17.0 Å². The lowest BCUT2D eigenvalue weighted by Crippen LogP contribution is -1.84. The smallest absolute Gasteiger partial charge is 0.134 e. The van der Waals surface area contributed by atoms with Crippen LogP contribution in [0, 0.1) is 18.3 Å². The first-order valence-electron chi connectivity index (χ1n) is 4.72. The molecule has 16 heavy (non-hydrogen) atoms. The third-order valence-electron chi connectivity index (χ3n) is 2.01. The molecule has 0 atom stereocenters. The maximum atomic E-state index is 9.08. The van der Waals surface area contributed by atoms with Gasteiger partial charge in [0, 0.05) is 29.9 Å². The maximum Gasteiger partial charge on any atom is 0.134 e. The monoisotopic (exact) mass is 230 g/mol. The van der Waals surface area contributed by atoms with Crippen LogP contribution in [-0.4, -0.2) is 14.8 Å². The van der Waals surface area contributed by atoms with E-state index < -0.39 is 0 Å². The highest BCUT2D eigenvalue weighted by atomic mass is 32.1. The van der Waals surface area contributed by atoms with Crippen LogP contribution in [0.3, 0.4) is 0 Å². The normalized spacial score (nSPS) is 11.4. The molecule has 0 saturated carbocycles. The summed E-state index contributed by atoms with van der Waals surface area (Å²) in [6.07, 6.45) is 5.38. The summed E-state index contributed by atoms with van der Waals surface area (Å²) in [5, 5.41) is 15.8. The van der Waals surface area contributed by atoms with Gasteiger partial charge in [-0.15, -0.1) is 11.3 Å². The van der Waals surface area contributed by atoms with Crippen LogP contribution in [0.1, 0.15) is 16.3 Å². The molecule has 2 rings (SSSR count). The molecule has 0 aliphatic rings. The van der Waals surface area contributed by atoms with Gasteiger partial charge < -0.3 is 0 Å². The number of aryl methyl sites for hydroxylation is 2. The highest BCUT2D eigenvalue weighted by Crippen LogP contribution is 2.20. The van der Waals surface area contributed by atoms with Gasteiger partial charge in [0.1, 0.15) is 11.1 Å². The fraction of sp³-hybridized carbons (Fsp3) is 0.182. The van der Waals surface area contributed by atoms with Crippen LogP contribution < -0.4 is 0 Å². The van der Waals surface area contributed by atoms with Crippen LogP contribution in [0.5, 0.6) is 0 Å². The summed E-state index contributed by atoms with van der Waals surface area (Å²) in [4.78, 5) is 4.29. The molecule has 5 heteroatoms. The molecule has 4 nitrogen and oxygen atoms in total. The highest BCUT2D eigenvalue weighted by Gasteiger charge is 2.05. The number of aromatic nitrogens is 3. The second-order valence-corrected chi connectivity index (χ2v) is 4.27. The summed E-state index contributed by atoms with van der Waals surface area (Å²) < 4.78 is 1.70. The first kappa shape index (κ1) is 10.6. The maximum absolute atomic E-state index is 9.08. The zero-order chi connectivity index (χ0) is 11.5. The third-order valence-corrected chi connectivity index (χ3v) is 3.00. The highest BCUT2D eigenvalue weighted by molar-refractivity contribution is 7.11. The molecule has 2 heterocycles. The van der Waals surface area contributed by atoms with Gasteiger partial charge in [0.05, 0.1) is 11.8 Å². The average Bonchev–Trinajstić information content (AvgIpc) is 2.84. The number of hydrogen-bond donors (Lipinski definition) is 0. The van der Waals surface area contributed by atoms with Crippen molar-refractivity contribution in [2.45, 2.75) is 6.92 Å². The van der Waals surface area contributed by atoms with Crippen LogP contribution in [0.25, 0.3) is 11.6 Å². The van der Waals surface area contributed by atoms with Crippen molar-refractivity contribution in [3.05, 3.63) is 34.0 Å². The first-order valence-corrected chi connectivity index (χ1v) is 5.60. The van der Waals surface area contributed by atoms with E-state index in [0.29, 0.717) is 5.57 Å². The number of thiazole rings is 1. The SMILES string of the molecule is Cc1csc(C(C#N)=Cc2cnn(C)c2)n1. The van der Waals surface area contributed by atoms with E-state index >= 15 is 0 Å². The minimum atomic E-state index is 0.575. The molecular formula is C11H10N4S. The lowest BCUT2D eigenvalue weighted by Gasteiger charge is -1.90. The Morgan fingerprint density at radius 2 is 2.44 bits per heavy atom. The van der Waals surface area contributed by atoms with Gasteiger partial charge in [-0.2, -0.15) is 10.4 Å². The van der Waals surface area contributed by atoms with Gasteiger partial charge in [-0.1, -0.05) is 0 Å². The van der Waals surface area contributed by atoms with Crippen molar-refractivity contribution in [3.8, 4) is 6.07 Å². The van der Waals surface area contributed by atoms with Gasteiger partial charge in [0.25, 0.3) is 0 Å². The Kier molecular flexibility index (Phi) is 2.84.